The molecule has 0 aliphatic carbocycles. The molecule has 3 rings (SSSR count). The van der Waals surface area contributed by atoms with Crippen molar-refractivity contribution in [1.29, 1.82) is 0 Å². The van der Waals surface area contributed by atoms with Crippen LogP contribution in [0.5, 0.6) is 0 Å². The number of halogens is 2. The number of nitrogens with zero attached hydrogens (tertiary/aromatic N) is 2. The normalized spacial score (nSPS) is 10.8. The fourth-order valence-electron chi connectivity index (χ4n) is 2.16. The van der Waals surface area contributed by atoms with Crippen molar-refractivity contribution in [3.8, 4) is 10.8 Å². The quantitative estimate of drug-likeness (QED) is 0.744. The van der Waals surface area contributed by atoms with E-state index in [-0.39, 0.29) is 22.9 Å². The van der Waals surface area contributed by atoms with E-state index < -0.39 is 5.82 Å². The minimum Gasteiger partial charge on any atom is -0.420 e. The number of carbonyl (C=O) groups is 1. The molecule has 3 aromatic rings. The molecule has 5 nitrogen and oxygen atoms in total. The summed E-state index contributed by atoms with van der Waals surface area (Å²) in [4.78, 5) is 13.8. The van der Waals surface area contributed by atoms with Crippen LogP contribution in [0.2, 0.25) is 5.02 Å². The minimum absolute atomic E-state index is 0.143. The summed E-state index contributed by atoms with van der Waals surface area (Å²) in [6.45, 7) is 3.57. The Balaban J connectivity index is 1.76. The number of hydrogen-bond acceptors (Lipinski definition) is 5. The van der Waals surface area contributed by atoms with Crippen LogP contribution in [0.4, 0.5) is 10.1 Å². The Morgan fingerprint density at radius 1 is 1.38 bits per heavy atom. The van der Waals surface area contributed by atoms with Gasteiger partial charge in [-0.05, 0) is 25.1 Å². The van der Waals surface area contributed by atoms with Crippen molar-refractivity contribution in [2.24, 2.45) is 0 Å². The van der Waals surface area contributed by atoms with E-state index in [1.165, 1.54) is 23.5 Å². The van der Waals surface area contributed by atoms with E-state index in [0.717, 1.165) is 9.75 Å². The standard InChI is InChI=1S/C16H13ClFN3O2S/c1-8-13(7-14(24-8)16-21-20-9(2)23-16)19-15(22)6-10-11(17)4-3-5-12(10)18/h3-5,7H,6H2,1-2H3,(H,19,22). The van der Waals surface area contributed by atoms with Crippen LogP contribution in [0, 0.1) is 19.7 Å². The number of hydrogen-bond donors (Lipinski definition) is 1. The minimum atomic E-state index is -0.498. The number of benzene rings is 1. The Kier molecular flexibility index (Phi) is 4.64. The summed E-state index contributed by atoms with van der Waals surface area (Å²) in [5, 5.41) is 10.7. The zero-order chi connectivity index (χ0) is 17.3. The molecule has 0 aliphatic heterocycles. The van der Waals surface area contributed by atoms with Crippen molar-refractivity contribution in [3.05, 3.63) is 51.4 Å². The molecule has 0 radical (unpaired) electrons. The average molecular weight is 366 g/mol. The second-order valence-electron chi connectivity index (χ2n) is 5.13. The Labute approximate surface area is 146 Å². The van der Waals surface area contributed by atoms with E-state index in [1.54, 1.807) is 19.1 Å². The smallest absolute Gasteiger partial charge is 0.257 e. The summed E-state index contributed by atoms with van der Waals surface area (Å²) in [5.74, 6) is 0.0203. The molecule has 1 N–H and O–H groups in total. The van der Waals surface area contributed by atoms with Crippen LogP contribution in [0.15, 0.2) is 28.7 Å². The number of anilines is 1. The van der Waals surface area contributed by atoms with E-state index in [1.807, 2.05) is 6.92 Å². The molecule has 0 aliphatic rings. The molecule has 0 spiro atoms. The van der Waals surface area contributed by atoms with Gasteiger partial charge in [-0.2, -0.15) is 0 Å². The maximum atomic E-state index is 13.8. The van der Waals surface area contributed by atoms with E-state index in [2.05, 4.69) is 15.5 Å². The lowest BCUT2D eigenvalue weighted by atomic mass is 10.1. The third-order valence-corrected chi connectivity index (χ3v) is 4.72. The Morgan fingerprint density at radius 2 is 2.17 bits per heavy atom. The predicted molar refractivity (Wildman–Crippen MR) is 90.8 cm³/mol. The van der Waals surface area contributed by atoms with Crippen molar-refractivity contribution in [2.75, 3.05) is 5.32 Å². The second-order valence-corrected chi connectivity index (χ2v) is 6.80. The lowest BCUT2D eigenvalue weighted by Crippen LogP contribution is -2.15. The first-order valence-electron chi connectivity index (χ1n) is 7.07. The second kappa shape index (κ2) is 6.70. The van der Waals surface area contributed by atoms with Crippen LogP contribution < -0.4 is 5.32 Å². The number of aryl methyl sites for hydroxylation is 2. The van der Waals surface area contributed by atoms with Crippen LogP contribution in [0.25, 0.3) is 10.8 Å². The van der Waals surface area contributed by atoms with E-state index in [4.69, 9.17) is 16.0 Å². The Bertz CT molecular complexity index is 886. The van der Waals surface area contributed by atoms with E-state index >= 15 is 0 Å². The van der Waals surface area contributed by atoms with E-state index in [9.17, 15) is 9.18 Å². The molecule has 0 atom stereocenters. The molecule has 8 heteroatoms. The first kappa shape index (κ1) is 16.6. The van der Waals surface area contributed by atoms with Gasteiger partial charge in [-0.25, -0.2) is 4.39 Å². The summed E-state index contributed by atoms with van der Waals surface area (Å²) < 4.78 is 19.1. The molecule has 0 saturated carbocycles. The van der Waals surface area contributed by atoms with Crippen LogP contribution >= 0.6 is 22.9 Å². The molecule has 24 heavy (non-hydrogen) atoms. The Hall–Kier alpha value is -2.25. The summed E-state index contributed by atoms with van der Waals surface area (Å²) >= 11 is 7.37. The van der Waals surface area contributed by atoms with Gasteiger partial charge in [-0.1, -0.05) is 17.7 Å². The van der Waals surface area contributed by atoms with Crippen molar-refractivity contribution < 1.29 is 13.6 Å². The lowest BCUT2D eigenvalue weighted by molar-refractivity contribution is -0.115. The van der Waals surface area contributed by atoms with Crippen molar-refractivity contribution in [2.45, 2.75) is 20.3 Å². The van der Waals surface area contributed by atoms with Gasteiger partial charge in [-0.3, -0.25) is 4.79 Å². The highest BCUT2D eigenvalue weighted by atomic mass is 35.5. The monoisotopic (exact) mass is 365 g/mol. The molecular weight excluding hydrogens is 353 g/mol. The summed E-state index contributed by atoms with van der Waals surface area (Å²) in [7, 11) is 0. The summed E-state index contributed by atoms with van der Waals surface area (Å²) in [6.07, 6.45) is -0.143. The number of thiophene rings is 1. The predicted octanol–water partition coefficient (Wildman–Crippen LogP) is 4.39. The molecule has 1 aromatic carbocycles. The molecule has 1 amide bonds. The molecule has 0 bridgehead atoms. The van der Waals surface area contributed by atoms with Gasteiger partial charge in [0.1, 0.15) is 5.82 Å². The first-order chi connectivity index (χ1) is 11.4. The molecule has 2 heterocycles. The van der Waals surface area contributed by atoms with Gasteiger partial charge in [0.2, 0.25) is 11.8 Å². The van der Waals surface area contributed by atoms with Gasteiger partial charge in [0.15, 0.2) is 0 Å². The van der Waals surface area contributed by atoms with Crippen LogP contribution in [-0.4, -0.2) is 16.1 Å². The number of nitrogens with one attached hydrogen (secondary N) is 1. The fourth-order valence-corrected chi connectivity index (χ4v) is 3.29. The number of amides is 1. The highest BCUT2D eigenvalue weighted by Crippen LogP contribution is 2.33. The molecule has 2 aromatic heterocycles. The van der Waals surface area contributed by atoms with Crippen LogP contribution in [0.1, 0.15) is 16.3 Å². The highest BCUT2D eigenvalue weighted by molar-refractivity contribution is 7.15. The Morgan fingerprint density at radius 3 is 2.83 bits per heavy atom. The number of rotatable bonds is 4. The maximum Gasteiger partial charge on any atom is 0.257 e. The van der Waals surface area contributed by atoms with Gasteiger partial charge in [-0.15, -0.1) is 21.5 Å². The van der Waals surface area contributed by atoms with Gasteiger partial charge in [0, 0.05) is 22.4 Å². The van der Waals surface area contributed by atoms with Gasteiger partial charge >= 0.3 is 0 Å². The number of aromatic nitrogens is 2. The SMILES string of the molecule is Cc1nnc(-c2cc(NC(=O)Cc3c(F)cccc3Cl)c(C)s2)o1. The van der Waals surface area contributed by atoms with Crippen LogP contribution in [0.3, 0.4) is 0 Å². The van der Waals surface area contributed by atoms with Crippen LogP contribution in [-0.2, 0) is 11.2 Å². The maximum absolute atomic E-state index is 13.8. The zero-order valence-electron chi connectivity index (χ0n) is 12.9. The van der Waals surface area contributed by atoms with E-state index in [0.29, 0.717) is 17.5 Å². The van der Waals surface area contributed by atoms with Crippen molar-refractivity contribution >= 4 is 34.5 Å². The molecule has 124 valence electrons. The molecular formula is C16H13ClFN3O2S. The average Bonchev–Trinajstić information content (AvgIpc) is 3.10. The lowest BCUT2D eigenvalue weighted by Gasteiger charge is -2.07. The summed E-state index contributed by atoms with van der Waals surface area (Å²) in [6, 6.07) is 6.09. The highest BCUT2D eigenvalue weighted by Gasteiger charge is 2.16. The van der Waals surface area contributed by atoms with Gasteiger partial charge in [0.25, 0.3) is 5.89 Å². The fraction of sp³-hybridized carbons (Fsp3) is 0.188. The largest absolute Gasteiger partial charge is 0.420 e. The van der Waals surface area contributed by atoms with Crippen molar-refractivity contribution in [1.82, 2.24) is 10.2 Å². The van der Waals surface area contributed by atoms with Gasteiger partial charge < -0.3 is 9.73 Å². The third-order valence-electron chi connectivity index (χ3n) is 3.33. The molecule has 0 saturated heterocycles. The topological polar surface area (TPSA) is 68.0 Å². The zero-order valence-corrected chi connectivity index (χ0v) is 14.5. The summed E-state index contributed by atoms with van der Waals surface area (Å²) in [5.41, 5.74) is 0.806. The molecule has 0 unspecified atom stereocenters. The molecule has 0 fully saturated rings. The number of carbonyl (C=O) groups excluding carboxylic acids is 1. The first-order valence-corrected chi connectivity index (χ1v) is 8.27. The van der Waals surface area contributed by atoms with Gasteiger partial charge in [0.05, 0.1) is 17.0 Å². The van der Waals surface area contributed by atoms with Crippen molar-refractivity contribution in [3.63, 3.8) is 0 Å². The third kappa shape index (κ3) is 3.47.